The molecule has 0 aromatic heterocycles. The average molecular weight is 184 g/mol. The Kier molecular flexibility index (Phi) is 4.74. The minimum Gasteiger partial charge on any atom is -0.313 e. The van der Waals surface area contributed by atoms with Crippen molar-refractivity contribution in [3.05, 3.63) is 0 Å². The van der Waals surface area contributed by atoms with Gasteiger partial charge in [0.1, 0.15) is 0 Å². The molecule has 1 saturated heterocycles. The van der Waals surface area contributed by atoms with E-state index in [4.69, 9.17) is 0 Å². The average Bonchev–Trinajstić information content (AvgIpc) is 2.50. The van der Waals surface area contributed by atoms with Crippen molar-refractivity contribution in [1.82, 2.24) is 10.2 Å². The Morgan fingerprint density at radius 2 is 2.23 bits per heavy atom. The van der Waals surface area contributed by atoms with Gasteiger partial charge in [0.2, 0.25) is 0 Å². The lowest BCUT2D eigenvalue weighted by Gasteiger charge is -2.23. The third kappa shape index (κ3) is 3.65. The SMILES string of the molecule is CCNC(CC)CN1CCC(C)C1. The van der Waals surface area contributed by atoms with Crippen molar-refractivity contribution >= 4 is 0 Å². The van der Waals surface area contributed by atoms with Crippen molar-refractivity contribution in [3.63, 3.8) is 0 Å². The van der Waals surface area contributed by atoms with Crippen LogP contribution in [-0.2, 0) is 0 Å². The predicted octanol–water partition coefficient (Wildman–Crippen LogP) is 1.72. The van der Waals surface area contributed by atoms with E-state index in [2.05, 4.69) is 31.0 Å². The van der Waals surface area contributed by atoms with Gasteiger partial charge in [-0.1, -0.05) is 20.8 Å². The molecule has 1 aliphatic heterocycles. The van der Waals surface area contributed by atoms with Crippen LogP contribution in [0, 0.1) is 5.92 Å². The molecule has 1 N–H and O–H groups in total. The van der Waals surface area contributed by atoms with Crippen molar-refractivity contribution in [1.29, 1.82) is 0 Å². The van der Waals surface area contributed by atoms with Gasteiger partial charge in [-0.15, -0.1) is 0 Å². The van der Waals surface area contributed by atoms with Crippen LogP contribution in [0.2, 0.25) is 0 Å². The largest absolute Gasteiger partial charge is 0.313 e. The van der Waals surface area contributed by atoms with Crippen LogP contribution >= 0.6 is 0 Å². The maximum atomic E-state index is 3.53. The summed E-state index contributed by atoms with van der Waals surface area (Å²) in [6.07, 6.45) is 2.64. The Balaban J connectivity index is 2.21. The Labute approximate surface area is 82.7 Å². The van der Waals surface area contributed by atoms with Crippen LogP contribution in [0.4, 0.5) is 0 Å². The van der Waals surface area contributed by atoms with Gasteiger partial charge in [0.05, 0.1) is 0 Å². The minimum absolute atomic E-state index is 0.704. The summed E-state index contributed by atoms with van der Waals surface area (Å²) in [6.45, 7) is 11.8. The summed E-state index contributed by atoms with van der Waals surface area (Å²) in [5.74, 6) is 0.916. The molecule has 2 atom stereocenters. The van der Waals surface area contributed by atoms with E-state index in [9.17, 15) is 0 Å². The number of nitrogens with zero attached hydrogens (tertiary/aromatic N) is 1. The maximum Gasteiger partial charge on any atom is 0.0192 e. The number of rotatable bonds is 5. The van der Waals surface area contributed by atoms with Crippen LogP contribution in [0.25, 0.3) is 0 Å². The maximum absolute atomic E-state index is 3.53. The molecule has 1 heterocycles. The first-order valence-electron chi connectivity index (χ1n) is 5.72. The molecule has 2 nitrogen and oxygen atoms in total. The molecular formula is C11H24N2. The number of likely N-dealkylation sites (N-methyl/N-ethyl adjacent to an activating group) is 1. The number of likely N-dealkylation sites (tertiary alicyclic amines) is 1. The molecule has 2 unspecified atom stereocenters. The van der Waals surface area contributed by atoms with Crippen LogP contribution in [0.5, 0.6) is 0 Å². The molecule has 1 aliphatic rings. The highest BCUT2D eigenvalue weighted by Crippen LogP contribution is 2.15. The van der Waals surface area contributed by atoms with Crippen molar-refractivity contribution in [2.75, 3.05) is 26.2 Å². The number of nitrogens with one attached hydrogen (secondary N) is 1. The molecule has 1 fully saturated rings. The molecule has 0 saturated carbocycles. The third-order valence-electron chi connectivity index (χ3n) is 2.97. The summed E-state index contributed by atoms with van der Waals surface area (Å²) in [5, 5.41) is 3.53. The van der Waals surface area contributed by atoms with Crippen LogP contribution in [0.3, 0.4) is 0 Å². The zero-order valence-corrected chi connectivity index (χ0v) is 9.34. The molecular weight excluding hydrogens is 160 g/mol. The van der Waals surface area contributed by atoms with Gasteiger partial charge in [0.15, 0.2) is 0 Å². The first-order chi connectivity index (χ1) is 6.26. The van der Waals surface area contributed by atoms with E-state index in [0.29, 0.717) is 6.04 Å². The lowest BCUT2D eigenvalue weighted by Crippen LogP contribution is -2.39. The van der Waals surface area contributed by atoms with Gasteiger partial charge < -0.3 is 10.2 Å². The topological polar surface area (TPSA) is 15.3 Å². The second kappa shape index (κ2) is 5.61. The van der Waals surface area contributed by atoms with Crippen LogP contribution in [-0.4, -0.2) is 37.1 Å². The van der Waals surface area contributed by atoms with Gasteiger partial charge in [0.25, 0.3) is 0 Å². The molecule has 1 rings (SSSR count). The van der Waals surface area contributed by atoms with Crippen LogP contribution < -0.4 is 5.32 Å². The number of hydrogen-bond donors (Lipinski definition) is 1. The Bertz CT molecular complexity index is 134. The Morgan fingerprint density at radius 1 is 1.46 bits per heavy atom. The lowest BCUT2D eigenvalue weighted by molar-refractivity contribution is 0.281. The second-order valence-corrected chi connectivity index (χ2v) is 4.32. The van der Waals surface area contributed by atoms with Crippen LogP contribution in [0.15, 0.2) is 0 Å². The van der Waals surface area contributed by atoms with Crippen molar-refractivity contribution in [2.45, 2.75) is 39.7 Å². The van der Waals surface area contributed by atoms with E-state index >= 15 is 0 Å². The van der Waals surface area contributed by atoms with E-state index < -0.39 is 0 Å². The summed E-state index contributed by atoms with van der Waals surface area (Å²) < 4.78 is 0. The highest BCUT2D eigenvalue weighted by Gasteiger charge is 2.20. The van der Waals surface area contributed by atoms with Gasteiger partial charge in [-0.25, -0.2) is 0 Å². The first-order valence-corrected chi connectivity index (χ1v) is 5.72. The standard InChI is InChI=1S/C11H24N2/c1-4-11(12-5-2)9-13-7-6-10(3)8-13/h10-12H,4-9H2,1-3H3. The Morgan fingerprint density at radius 3 is 2.69 bits per heavy atom. The normalized spacial score (nSPS) is 26.5. The molecule has 0 bridgehead atoms. The van der Waals surface area contributed by atoms with Crippen molar-refractivity contribution in [3.8, 4) is 0 Å². The van der Waals surface area contributed by atoms with Gasteiger partial charge in [-0.2, -0.15) is 0 Å². The Hall–Kier alpha value is -0.0800. The summed E-state index contributed by atoms with van der Waals surface area (Å²) in [4.78, 5) is 2.60. The van der Waals surface area contributed by atoms with E-state index in [1.807, 2.05) is 0 Å². The van der Waals surface area contributed by atoms with E-state index in [1.165, 1.54) is 32.5 Å². The highest BCUT2D eigenvalue weighted by molar-refractivity contribution is 4.77. The van der Waals surface area contributed by atoms with E-state index in [-0.39, 0.29) is 0 Å². The summed E-state index contributed by atoms with van der Waals surface area (Å²) in [5.41, 5.74) is 0. The minimum atomic E-state index is 0.704. The molecule has 0 spiro atoms. The second-order valence-electron chi connectivity index (χ2n) is 4.32. The van der Waals surface area contributed by atoms with Gasteiger partial charge >= 0.3 is 0 Å². The molecule has 2 heteroatoms. The molecule has 78 valence electrons. The van der Waals surface area contributed by atoms with E-state index in [0.717, 1.165) is 12.5 Å². The predicted molar refractivity (Wildman–Crippen MR) is 58.0 cm³/mol. The first kappa shape index (κ1) is 11.0. The van der Waals surface area contributed by atoms with Crippen LogP contribution in [0.1, 0.15) is 33.6 Å². The fourth-order valence-corrected chi connectivity index (χ4v) is 2.13. The van der Waals surface area contributed by atoms with Crippen molar-refractivity contribution in [2.24, 2.45) is 5.92 Å². The smallest absolute Gasteiger partial charge is 0.0192 e. The van der Waals surface area contributed by atoms with Gasteiger partial charge in [0, 0.05) is 19.1 Å². The molecule has 0 aromatic rings. The monoisotopic (exact) mass is 184 g/mol. The van der Waals surface area contributed by atoms with Gasteiger partial charge in [-0.3, -0.25) is 0 Å². The van der Waals surface area contributed by atoms with E-state index in [1.54, 1.807) is 0 Å². The van der Waals surface area contributed by atoms with Gasteiger partial charge in [-0.05, 0) is 31.8 Å². The molecule has 0 aliphatic carbocycles. The fourth-order valence-electron chi connectivity index (χ4n) is 2.13. The number of hydrogen-bond acceptors (Lipinski definition) is 2. The quantitative estimate of drug-likeness (QED) is 0.700. The summed E-state index contributed by atoms with van der Waals surface area (Å²) in [6, 6.07) is 0.704. The highest BCUT2D eigenvalue weighted by atomic mass is 15.2. The summed E-state index contributed by atoms with van der Waals surface area (Å²) in [7, 11) is 0. The molecule has 0 amide bonds. The third-order valence-corrected chi connectivity index (χ3v) is 2.97. The molecule has 13 heavy (non-hydrogen) atoms. The molecule has 0 radical (unpaired) electrons. The molecule has 0 aromatic carbocycles. The zero-order chi connectivity index (χ0) is 9.68. The zero-order valence-electron chi connectivity index (χ0n) is 9.34. The lowest BCUT2D eigenvalue weighted by atomic mass is 10.2. The van der Waals surface area contributed by atoms with Crippen molar-refractivity contribution < 1.29 is 0 Å². The fraction of sp³-hybridized carbons (Fsp3) is 1.00. The summed E-state index contributed by atoms with van der Waals surface area (Å²) >= 11 is 0.